The molecule has 5 nitrogen and oxygen atoms in total. The molecule has 2 N–H and O–H groups in total. The molecule has 0 rings (SSSR count). The van der Waals surface area contributed by atoms with Gasteiger partial charge in [0.15, 0.2) is 0 Å². The average Bonchev–Trinajstić information content (AvgIpc) is 1.21. The maximum Gasteiger partial charge on any atom is 0.360 e. The first-order chi connectivity index (χ1) is 3.42. The van der Waals surface area contributed by atoms with Crippen molar-refractivity contribution in [2.75, 3.05) is 0 Å². The van der Waals surface area contributed by atoms with Crippen molar-refractivity contribution in [2.45, 2.75) is 0 Å². The summed E-state index contributed by atoms with van der Waals surface area (Å²) >= 11 is 4.47. The van der Waals surface area contributed by atoms with Gasteiger partial charge in [0.05, 0.1) is 0 Å². The van der Waals surface area contributed by atoms with Gasteiger partial charge in [0, 0.05) is 0 Å². The Kier molecular flexibility index (Phi) is 2.20. The van der Waals surface area contributed by atoms with Gasteiger partial charge >= 0.3 is 15.7 Å². The number of nitrogens with one attached hydrogen (secondary N) is 1. The van der Waals surface area contributed by atoms with Crippen LogP contribution in [0.1, 0.15) is 0 Å². The van der Waals surface area contributed by atoms with Gasteiger partial charge in [-0.3, -0.25) is 9.35 Å². The number of carbonyl (C=O) groups is 1. The third-order valence-corrected chi connectivity index (χ3v) is 0.859. The predicted octanol–water partition coefficient (Wildman–Crippen LogP) is -0.262. The molecule has 0 radical (unpaired) electrons. The fourth-order valence-electron chi connectivity index (χ4n) is 0.101. The van der Waals surface area contributed by atoms with Crippen LogP contribution >= 0.6 is 11.6 Å². The number of rotatable bonds is 1. The van der Waals surface area contributed by atoms with E-state index in [4.69, 9.17) is 4.55 Å². The number of amides is 1. The standard InChI is InChI=1S/CH2ClNO4S/c2-1(4)3-8(5,6)7/h(H,3,4)(H,5,6,7). The molecule has 0 heterocycles. The lowest BCUT2D eigenvalue weighted by Crippen LogP contribution is -2.24. The molecule has 7 heteroatoms. The zero-order valence-electron chi connectivity index (χ0n) is 3.46. The van der Waals surface area contributed by atoms with Gasteiger partial charge in [0.2, 0.25) is 0 Å². The molecule has 0 atom stereocenters. The summed E-state index contributed by atoms with van der Waals surface area (Å²) in [4.78, 5) is 9.57. The quantitative estimate of drug-likeness (QED) is 0.314. The predicted molar refractivity (Wildman–Crippen MR) is 25.9 cm³/mol. The van der Waals surface area contributed by atoms with E-state index >= 15 is 0 Å². The summed E-state index contributed by atoms with van der Waals surface area (Å²) in [7, 11) is -4.45. The Hall–Kier alpha value is -0.330. The molecule has 0 aliphatic carbocycles. The van der Waals surface area contributed by atoms with Gasteiger partial charge in [0.25, 0.3) is 0 Å². The molecule has 0 aliphatic rings. The number of hydrogen-bond acceptors (Lipinski definition) is 3. The minimum absolute atomic E-state index is 1.04. The first-order valence-corrected chi connectivity index (χ1v) is 3.18. The summed E-state index contributed by atoms with van der Waals surface area (Å²) in [5, 5.41) is -1.34. The van der Waals surface area contributed by atoms with Crippen LogP contribution in [0.15, 0.2) is 0 Å². The van der Waals surface area contributed by atoms with Gasteiger partial charge in [0.1, 0.15) is 0 Å². The van der Waals surface area contributed by atoms with Crippen LogP contribution in [0.2, 0.25) is 0 Å². The highest BCUT2D eigenvalue weighted by atomic mass is 35.5. The molecule has 8 heavy (non-hydrogen) atoms. The van der Waals surface area contributed by atoms with Crippen molar-refractivity contribution >= 4 is 27.3 Å². The SMILES string of the molecule is O=C(Cl)NS(=O)(=O)O. The van der Waals surface area contributed by atoms with Crippen molar-refractivity contribution in [3.63, 3.8) is 0 Å². The van der Waals surface area contributed by atoms with E-state index in [0.29, 0.717) is 0 Å². The van der Waals surface area contributed by atoms with E-state index < -0.39 is 15.7 Å². The summed E-state index contributed by atoms with van der Waals surface area (Å²) in [5.41, 5.74) is 0. The van der Waals surface area contributed by atoms with E-state index in [9.17, 15) is 13.2 Å². The lowest BCUT2D eigenvalue weighted by Gasteiger charge is -1.89. The highest BCUT2D eigenvalue weighted by Crippen LogP contribution is 1.79. The lowest BCUT2D eigenvalue weighted by molar-refractivity contribution is 0.263. The van der Waals surface area contributed by atoms with Crippen molar-refractivity contribution in [2.24, 2.45) is 0 Å². The monoisotopic (exact) mass is 159 g/mol. The number of carbonyl (C=O) groups excluding carboxylic acids is 1. The van der Waals surface area contributed by atoms with Gasteiger partial charge in [-0.15, -0.1) is 0 Å². The minimum Gasteiger partial charge on any atom is -0.269 e. The molecular weight excluding hydrogens is 158 g/mol. The van der Waals surface area contributed by atoms with E-state index in [-0.39, 0.29) is 0 Å². The molecular formula is CH2ClNO4S. The molecule has 0 spiro atoms. The summed E-state index contributed by atoms with van der Waals surface area (Å²) in [6.07, 6.45) is 0. The van der Waals surface area contributed by atoms with Crippen LogP contribution < -0.4 is 4.72 Å². The highest BCUT2D eigenvalue weighted by Gasteiger charge is 2.04. The first-order valence-electron chi connectivity index (χ1n) is 1.36. The normalized spacial score (nSPS) is 10.8. The molecule has 0 saturated carbocycles. The number of hydrogen-bond donors (Lipinski definition) is 2. The van der Waals surface area contributed by atoms with Crippen molar-refractivity contribution in [3.05, 3.63) is 0 Å². The Morgan fingerprint density at radius 1 is 1.62 bits per heavy atom. The largest absolute Gasteiger partial charge is 0.360 e. The molecule has 0 aromatic heterocycles. The Morgan fingerprint density at radius 3 is 2.00 bits per heavy atom. The highest BCUT2D eigenvalue weighted by molar-refractivity contribution is 7.84. The Bertz CT molecular complexity index is 182. The third-order valence-electron chi connectivity index (χ3n) is 0.209. The molecule has 0 unspecified atom stereocenters. The van der Waals surface area contributed by atoms with Crippen LogP contribution in [0.5, 0.6) is 0 Å². The molecule has 0 bridgehead atoms. The van der Waals surface area contributed by atoms with E-state index in [1.165, 1.54) is 0 Å². The van der Waals surface area contributed by atoms with E-state index in [1.54, 1.807) is 0 Å². The first kappa shape index (κ1) is 7.67. The molecule has 0 fully saturated rings. The Labute approximate surface area is 50.5 Å². The molecule has 0 saturated heterocycles. The van der Waals surface area contributed by atoms with Crippen LogP contribution in [0, 0.1) is 0 Å². The zero-order valence-corrected chi connectivity index (χ0v) is 5.03. The van der Waals surface area contributed by atoms with Crippen LogP contribution in [0.25, 0.3) is 0 Å². The van der Waals surface area contributed by atoms with Crippen molar-refractivity contribution in [1.82, 2.24) is 4.72 Å². The molecule has 0 aliphatic heterocycles. The van der Waals surface area contributed by atoms with Gasteiger partial charge < -0.3 is 0 Å². The fourth-order valence-corrected chi connectivity index (χ4v) is 0.597. The lowest BCUT2D eigenvalue weighted by atomic mass is 11.5. The maximum atomic E-state index is 9.58. The Morgan fingerprint density at radius 2 is 2.00 bits per heavy atom. The summed E-state index contributed by atoms with van der Waals surface area (Å²) in [6, 6.07) is 0. The van der Waals surface area contributed by atoms with E-state index in [2.05, 4.69) is 11.6 Å². The topological polar surface area (TPSA) is 83.5 Å². The minimum atomic E-state index is -4.45. The molecule has 48 valence electrons. The average molecular weight is 160 g/mol. The van der Waals surface area contributed by atoms with Crippen LogP contribution in [-0.4, -0.2) is 18.3 Å². The fraction of sp³-hybridized carbons (Fsp3) is 0. The second kappa shape index (κ2) is 2.29. The van der Waals surface area contributed by atoms with Crippen molar-refractivity contribution in [1.29, 1.82) is 0 Å². The maximum absolute atomic E-state index is 9.58. The van der Waals surface area contributed by atoms with Gasteiger partial charge in [-0.1, -0.05) is 0 Å². The van der Waals surface area contributed by atoms with E-state index in [1.807, 2.05) is 0 Å². The zero-order chi connectivity index (χ0) is 6.78. The van der Waals surface area contributed by atoms with E-state index in [0.717, 1.165) is 4.72 Å². The smallest absolute Gasteiger partial charge is 0.269 e. The number of halogens is 1. The van der Waals surface area contributed by atoms with Crippen LogP contribution in [0.3, 0.4) is 0 Å². The van der Waals surface area contributed by atoms with Crippen molar-refractivity contribution in [3.8, 4) is 0 Å². The summed E-state index contributed by atoms with van der Waals surface area (Å²) in [6.45, 7) is 0. The Balaban J connectivity index is 3.95. The molecule has 1 amide bonds. The van der Waals surface area contributed by atoms with Gasteiger partial charge in [-0.25, -0.2) is 4.72 Å². The van der Waals surface area contributed by atoms with Gasteiger partial charge in [-0.2, -0.15) is 8.42 Å². The second-order valence-corrected chi connectivity index (χ2v) is 2.35. The van der Waals surface area contributed by atoms with Crippen LogP contribution in [0.4, 0.5) is 4.79 Å². The molecule has 0 aromatic carbocycles. The van der Waals surface area contributed by atoms with Crippen molar-refractivity contribution < 1.29 is 17.8 Å². The second-order valence-electron chi connectivity index (χ2n) is 0.851. The third kappa shape index (κ3) is 5.67. The van der Waals surface area contributed by atoms with Gasteiger partial charge in [-0.05, 0) is 11.6 Å². The summed E-state index contributed by atoms with van der Waals surface area (Å²) < 4.78 is 27.9. The molecule has 0 aromatic rings. The van der Waals surface area contributed by atoms with Crippen LogP contribution in [-0.2, 0) is 10.3 Å². The summed E-state index contributed by atoms with van der Waals surface area (Å²) in [5.74, 6) is 0.